The molecule has 0 aromatic heterocycles. The van der Waals surface area contributed by atoms with E-state index in [1.807, 2.05) is 12.1 Å². The molecule has 3 N–H and O–H groups in total. The van der Waals surface area contributed by atoms with Crippen molar-refractivity contribution in [3.05, 3.63) is 34.9 Å². The largest absolute Gasteiger partial charge is 0.480 e. The van der Waals surface area contributed by atoms with Crippen molar-refractivity contribution in [2.24, 2.45) is 5.92 Å². The fraction of sp³-hybridized carbons (Fsp3) is 0.500. The molecule has 2 rings (SSSR count). The first-order chi connectivity index (χ1) is 10.8. The lowest BCUT2D eigenvalue weighted by Crippen LogP contribution is -2.46. The highest BCUT2D eigenvalue weighted by Crippen LogP contribution is 2.47. The predicted molar refractivity (Wildman–Crippen MR) is 86.2 cm³/mol. The topological polar surface area (TPSA) is 89.9 Å². The highest BCUT2D eigenvalue weighted by molar-refractivity contribution is 6.31. The monoisotopic (exact) mass is 340 g/mol. The van der Waals surface area contributed by atoms with Crippen molar-refractivity contribution in [1.82, 2.24) is 10.2 Å². The number of aliphatic hydroxyl groups excluding tert-OH is 1. The van der Waals surface area contributed by atoms with Gasteiger partial charge >= 0.3 is 5.97 Å². The number of carboxylic acids is 1. The molecule has 7 heteroatoms. The predicted octanol–water partition coefficient (Wildman–Crippen LogP) is 1.28. The molecule has 1 heterocycles. The van der Waals surface area contributed by atoms with Gasteiger partial charge in [-0.05, 0) is 32.0 Å². The van der Waals surface area contributed by atoms with Gasteiger partial charge in [-0.2, -0.15) is 0 Å². The number of nitrogens with one attached hydrogen (secondary N) is 1. The van der Waals surface area contributed by atoms with E-state index in [9.17, 15) is 14.7 Å². The van der Waals surface area contributed by atoms with Gasteiger partial charge in [0.2, 0.25) is 5.91 Å². The zero-order chi connectivity index (χ0) is 17.2. The SMILES string of the molecule is CN1[C@H](c2ccccc2Cl)[C@H](C(=O)NCCO)C[C@]1(C)C(=O)O. The van der Waals surface area contributed by atoms with Gasteiger partial charge < -0.3 is 15.5 Å². The number of benzene rings is 1. The number of carboxylic acid groups (broad SMARTS) is 1. The zero-order valence-corrected chi connectivity index (χ0v) is 13.9. The Morgan fingerprint density at radius 2 is 2.09 bits per heavy atom. The van der Waals surface area contributed by atoms with Crippen molar-refractivity contribution in [3.8, 4) is 0 Å². The summed E-state index contributed by atoms with van der Waals surface area (Å²) in [6.07, 6.45) is 0.173. The molecule has 126 valence electrons. The van der Waals surface area contributed by atoms with Crippen LogP contribution >= 0.6 is 11.6 Å². The first-order valence-corrected chi connectivity index (χ1v) is 7.80. The summed E-state index contributed by atoms with van der Waals surface area (Å²) in [7, 11) is 1.70. The summed E-state index contributed by atoms with van der Waals surface area (Å²) in [5.41, 5.74) is -0.434. The number of likely N-dealkylation sites (tertiary alicyclic amines) is 1. The maximum atomic E-state index is 12.5. The molecule has 1 aliphatic rings. The maximum absolute atomic E-state index is 12.5. The van der Waals surface area contributed by atoms with E-state index in [1.165, 1.54) is 0 Å². The number of aliphatic hydroxyl groups is 1. The Balaban J connectivity index is 2.43. The second kappa shape index (κ2) is 6.86. The minimum atomic E-state index is -1.16. The van der Waals surface area contributed by atoms with Crippen molar-refractivity contribution in [2.45, 2.75) is 24.9 Å². The van der Waals surface area contributed by atoms with Gasteiger partial charge in [0, 0.05) is 17.6 Å². The molecule has 1 aromatic rings. The third-order valence-corrected chi connectivity index (χ3v) is 4.97. The fourth-order valence-electron chi connectivity index (χ4n) is 3.19. The highest BCUT2D eigenvalue weighted by Gasteiger charge is 2.54. The van der Waals surface area contributed by atoms with Gasteiger partial charge in [0.15, 0.2) is 0 Å². The summed E-state index contributed by atoms with van der Waals surface area (Å²) in [4.78, 5) is 25.9. The quantitative estimate of drug-likeness (QED) is 0.751. The third-order valence-electron chi connectivity index (χ3n) is 4.63. The van der Waals surface area contributed by atoms with Crippen LogP contribution < -0.4 is 5.32 Å². The van der Waals surface area contributed by atoms with Crippen LogP contribution in [0.15, 0.2) is 24.3 Å². The van der Waals surface area contributed by atoms with Gasteiger partial charge in [-0.1, -0.05) is 29.8 Å². The number of aliphatic carboxylic acids is 1. The van der Waals surface area contributed by atoms with Crippen molar-refractivity contribution in [3.63, 3.8) is 0 Å². The van der Waals surface area contributed by atoms with Gasteiger partial charge in [0.05, 0.1) is 12.5 Å². The van der Waals surface area contributed by atoms with E-state index in [0.717, 1.165) is 5.56 Å². The number of hydrogen-bond donors (Lipinski definition) is 3. The third kappa shape index (κ3) is 3.20. The lowest BCUT2D eigenvalue weighted by molar-refractivity contribution is -0.148. The Kier molecular flexibility index (Phi) is 5.29. The van der Waals surface area contributed by atoms with Crippen LogP contribution in [-0.4, -0.2) is 52.7 Å². The molecule has 0 radical (unpaired) electrons. The van der Waals surface area contributed by atoms with Crippen LogP contribution in [0.5, 0.6) is 0 Å². The molecule has 6 nitrogen and oxygen atoms in total. The molecule has 0 saturated carbocycles. The summed E-state index contributed by atoms with van der Waals surface area (Å²) in [6.45, 7) is 1.58. The molecule has 0 aliphatic carbocycles. The molecule has 0 bridgehead atoms. The Morgan fingerprint density at radius 3 is 2.65 bits per heavy atom. The molecule has 3 atom stereocenters. The van der Waals surface area contributed by atoms with Crippen molar-refractivity contribution in [2.75, 3.05) is 20.2 Å². The van der Waals surface area contributed by atoms with E-state index in [2.05, 4.69) is 5.32 Å². The number of carbonyl (C=O) groups is 2. The van der Waals surface area contributed by atoms with Gasteiger partial charge in [-0.15, -0.1) is 0 Å². The highest BCUT2D eigenvalue weighted by atomic mass is 35.5. The van der Waals surface area contributed by atoms with Crippen molar-refractivity contribution in [1.29, 1.82) is 0 Å². The van der Waals surface area contributed by atoms with E-state index < -0.39 is 23.5 Å². The molecular weight excluding hydrogens is 320 g/mol. The number of carbonyl (C=O) groups excluding carboxylic acids is 1. The molecule has 0 spiro atoms. The minimum Gasteiger partial charge on any atom is -0.480 e. The van der Waals surface area contributed by atoms with Gasteiger partial charge in [0.25, 0.3) is 0 Å². The number of halogens is 1. The van der Waals surface area contributed by atoms with Crippen LogP contribution in [-0.2, 0) is 9.59 Å². The molecular formula is C16H21ClN2O4. The van der Waals surface area contributed by atoms with Crippen molar-refractivity contribution >= 4 is 23.5 Å². The Bertz CT molecular complexity index is 609. The zero-order valence-electron chi connectivity index (χ0n) is 13.1. The summed E-state index contributed by atoms with van der Waals surface area (Å²) in [6, 6.07) is 6.70. The van der Waals surface area contributed by atoms with Gasteiger partial charge in [-0.25, -0.2) is 0 Å². The average Bonchev–Trinajstić information content (AvgIpc) is 2.79. The van der Waals surface area contributed by atoms with Crippen LogP contribution in [0, 0.1) is 5.92 Å². The molecule has 1 amide bonds. The summed E-state index contributed by atoms with van der Waals surface area (Å²) in [5, 5.41) is 21.6. The second-order valence-electron chi connectivity index (χ2n) is 5.98. The molecule has 1 saturated heterocycles. The molecule has 1 fully saturated rings. The van der Waals surface area contributed by atoms with E-state index in [4.69, 9.17) is 16.7 Å². The number of hydrogen-bond acceptors (Lipinski definition) is 4. The summed E-state index contributed by atoms with van der Waals surface area (Å²) >= 11 is 6.27. The number of rotatable bonds is 5. The van der Waals surface area contributed by atoms with E-state index in [1.54, 1.807) is 31.0 Å². The van der Waals surface area contributed by atoms with Gasteiger partial charge in [0.1, 0.15) is 5.54 Å². The lowest BCUT2D eigenvalue weighted by Gasteiger charge is -2.32. The first kappa shape index (κ1) is 17.7. The second-order valence-corrected chi connectivity index (χ2v) is 6.39. The number of likely N-dealkylation sites (N-methyl/N-ethyl adjacent to an activating group) is 1. The Labute approximate surface area is 140 Å². The molecule has 1 aliphatic heterocycles. The normalized spacial score (nSPS) is 27.8. The Morgan fingerprint density at radius 1 is 1.43 bits per heavy atom. The number of amides is 1. The van der Waals surface area contributed by atoms with Crippen LogP contribution in [0.1, 0.15) is 24.9 Å². The fourth-order valence-corrected chi connectivity index (χ4v) is 3.43. The Hall–Kier alpha value is -1.63. The number of nitrogens with zero attached hydrogens (tertiary/aromatic N) is 1. The summed E-state index contributed by atoms with van der Waals surface area (Å²) in [5.74, 6) is -1.82. The van der Waals surface area contributed by atoms with Crippen LogP contribution in [0.25, 0.3) is 0 Å². The van der Waals surface area contributed by atoms with Crippen molar-refractivity contribution < 1.29 is 19.8 Å². The molecule has 1 aromatic carbocycles. The van der Waals surface area contributed by atoms with E-state index in [0.29, 0.717) is 5.02 Å². The van der Waals surface area contributed by atoms with Crippen LogP contribution in [0.2, 0.25) is 5.02 Å². The first-order valence-electron chi connectivity index (χ1n) is 7.42. The van der Waals surface area contributed by atoms with Crippen LogP contribution in [0.3, 0.4) is 0 Å². The standard InChI is InChI=1S/C16H21ClN2O4/c1-16(15(22)23)9-11(14(21)18-7-8-20)13(19(16)2)10-5-3-4-6-12(10)17/h3-6,11,13,20H,7-9H2,1-2H3,(H,18,21)(H,22,23)/t11-,13-,16-/m1/s1. The molecule has 0 unspecified atom stereocenters. The van der Waals surface area contributed by atoms with E-state index >= 15 is 0 Å². The van der Waals surface area contributed by atoms with Crippen LogP contribution in [0.4, 0.5) is 0 Å². The lowest BCUT2D eigenvalue weighted by atomic mass is 9.89. The molecule has 23 heavy (non-hydrogen) atoms. The summed E-state index contributed by atoms with van der Waals surface area (Å²) < 4.78 is 0. The van der Waals surface area contributed by atoms with E-state index in [-0.39, 0.29) is 25.5 Å². The van der Waals surface area contributed by atoms with Gasteiger partial charge in [-0.3, -0.25) is 14.5 Å². The smallest absolute Gasteiger partial charge is 0.323 e. The average molecular weight is 341 g/mol. The maximum Gasteiger partial charge on any atom is 0.323 e. The minimum absolute atomic E-state index is 0.137.